The molecule has 9 heteroatoms. The predicted octanol–water partition coefficient (Wildman–Crippen LogP) is 3.67. The molecule has 0 atom stereocenters. The van der Waals surface area contributed by atoms with Gasteiger partial charge in [-0.05, 0) is 31.2 Å². The smallest absolute Gasteiger partial charge is 0.191 e. The lowest BCUT2D eigenvalue weighted by Gasteiger charge is -2.11. The Balaban J connectivity index is 0.00000364. The molecule has 0 aliphatic rings. The Labute approximate surface area is 191 Å². The average Bonchev–Trinajstić information content (AvgIpc) is 3.03. The van der Waals surface area contributed by atoms with E-state index in [0.717, 1.165) is 46.5 Å². The summed E-state index contributed by atoms with van der Waals surface area (Å²) in [6.45, 7) is 5.08. The molecular weight excluding hydrogens is 541 g/mol. The molecule has 0 aliphatic heterocycles. The number of aliphatic imine (C=N–C) groups is 1. The average molecular weight is 568 g/mol. The summed E-state index contributed by atoms with van der Waals surface area (Å²) >= 11 is 5.30. The summed E-state index contributed by atoms with van der Waals surface area (Å²) in [5, 5.41) is 10.8. The molecule has 0 amide bonds. The molecule has 27 heavy (non-hydrogen) atoms. The van der Waals surface area contributed by atoms with Gasteiger partial charge in [0, 0.05) is 42.3 Å². The highest BCUT2D eigenvalue weighted by Crippen LogP contribution is 2.17. The van der Waals surface area contributed by atoms with Gasteiger partial charge in [0.2, 0.25) is 0 Å². The van der Waals surface area contributed by atoms with Crippen LogP contribution in [0.1, 0.15) is 12.6 Å². The molecule has 2 rings (SSSR count). The highest BCUT2D eigenvalue weighted by molar-refractivity contribution is 14.0. The van der Waals surface area contributed by atoms with Crippen LogP contribution in [0.3, 0.4) is 0 Å². The summed E-state index contributed by atoms with van der Waals surface area (Å²) < 4.78 is 8.61. The second-order valence-corrected chi connectivity index (χ2v) is 7.63. The molecule has 1 aromatic heterocycles. The van der Waals surface area contributed by atoms with Crippen molar-refractivity contribution in [3.05, 3.63) is 46.7 Å². The van der Waals surface area contributed by atoms with Crippen molar-refractivity contribution in [1.82, 2.24) is 20.4 Å². The van der Waals surface area contributed by atoms with E-state index in [1.54, 1.807) is 6.20 Å². The minimum Gasteiger partial charge on any atom is -0.493 e. The highest BCUT2D eigenvalue weighted by atomic mass is 127. The maximum Gasteiger partial charge on any atom is 0.191 e. The Morgan fingerprint density at radius 3 is 2.85 bits per heavy atom. The molecule has 1 heterocycles. The van der Waals surface area contributed by atoms with Crippen LogP contribution in [-0.2, 0) is 13.6 Å². The van der Waals surface area contributed by atoms with Crippen LogP contribution in [0.4, 0.5) is 0 Å². The number of hydrogen-bond donors (Lipinski definition) is 2. The molecule has 150 valence electrons. The van der Waals surface area contributed by atoms with Crippen molar-refractivity contribution in [3.63, 3.8) is 0 Å². The Hall–Kier alpha value is -0.940. The molecular formula is C18H27BrIN5OS. The van der Waals surface area contributed by atoms with Crippen LogP contribution in [0.2, 0.25) is 0 Å². The van der Waals surface area contributed by atoms with Gasteiger partial charge in [-0.1, -0.05) is 22.0 Å². The van der Waals surface area contributed by atoms with Crippen molar-refractivity contribution in [2.75, 3.05) is 31.2 Å². The summed E-state index contributed by atoms with van der Waals surface area (Å²) in [7, 11) is 1.93. The van der Waals surface area contributed by atoms with E-state index in [1.165, 1.54) is 0 Å². The second kappa shape index (κ2) is 14.1. The largest absolute Gasteiger partial charge is 0.493 e. The first-order chi connectivity index (χ1) is 12.7. The van der Waals surface area contributed by atoms with E-state index in [0.29, 0.717) is 13.2 Å². The summed E-state index contributed by atoms with van der Waals surface area (Å²) in [5.41, 5.74) is 1.08. The number of guanidine groups is 1. The summed E-state index contributed by atoms with van der Waals surface area (Å²) in [4.78, 5) is 4.59. The predicted molar refractivity (Wildman–Crippen MR) is 128 cm³/mol. The van der Waals surface area contributed by atoms with Crippen LogP contribution >= 0.6 is 51.7 Å². The number of nitrogens with zero attached hydrogens (tertiary/aromatic N) is 3. The van der Waals surface area contributed by atoms with E-state index in [2.05, 4.69) is 43.6 Å². The molecule has 0 aliphatic carbocycles. The van der Waals surface area contributed by atoms with Crippen LogP contribution in [-0.4, -0.2) is 46.9 Å². The Bertz CT molecular complexity index is 698. The first kappa shape index (κ1) is 24.1. The number of nitrogens with one attached hydrogen (secondary N) is 2. The first-order valence-corrected chi connectivity index (χ1v) is 10.6. The van der Waals surface area contributed by atoms with Crippen molar-refractivity contribution in [2.45, 2.75) is 13.5 Å². The second-order valence-electron chi connectivity index (χ2n) is 5.49. The van der Waals surface area contributed by atoms with Crippen molar-refractivity contribution in [2.24, 2.45) is 12.0 Å². The zero-order chi connectivity index (χ0) is 18.6. The number of aromatic nitrogens is 2. The fourth-order valence-corrected chi connectivity index (χ4v) is 3.21. The molecule has 2 N–H and O–H groups in total. The molecule has 6 nitrogen and oxygen atoms in total. The van der Waals surface area contributed by atoms with Gasteiger partial charge in [-0.25, -0.2) is 4.99 Å². The number of thioether (sulfide) groups is 1. The third-order valence-electron chi connectivity index (χ3n) is 3.50. The van der Waals surface area contributed by atoms with Crippen molar-refractivity contribution < 1.29 is 4.74 Å². The van der Waals surface area contributed by atoms with Gasteiger partial charge in [0.15, 0.2) is 5.96 Å². The van der Waals surface area contributed by atoms with Gasteiger partial charge >= 0.3 is 0 Å². The van der Waals surface area contributed by atoms with Crippen molar-refractivity contribution in [1.29, 1.82) is 0 Å². The monoisotopic (exact) mass is 567 g/mol. The fourth-order valence-electron chi connectivity index (χ4n) is 2.18. The van der Waals surface area contributed by atoms with E-state index < -0.39 is 0 Å². The van der Waals surface area contributed by atoms with Gasteiger partial charge in [-0.2, -0.15) is 16.9 Å². The normalized spacial score (nSPS) is 11.0. The topological polar surface area (TPSA) is 63.5 Å². The molecule has 0 radical (unpaired) electrons. The van der Waals surface area contributed by atoms with Gasteiger partial charge in [0.05, 0.1) is 18.8 Å². The van der Waals surface area contributed by atoms with E-state index in [1.807, 2.05) is 53.8 Å². The number of benzene rings is 1. The van der Waals surface area contributed by atoms with E-state index in [-0.39, 0.29) is 24.0 Å². The Morgan fingerprint density at radius 2 is 2.15 bits per heavy atom. The molecule has 0 saturated heterocycles. The lowest BCUT2D eigenvalue weighted by atomic mass is 10.3. The minimum atomic E-state index is 0. The molecule has 1 aromatic carbocycles. The first-order valence-electron chi connectivity index (χ1n) is 8.64. The van der Waals surface area contributed by atoms with Crippen LogP contribution in [0.5, 0.6) is 5.75 Å². The number of halogens is 2. The Morgan fingerprint density at radius 1 is 1.30 bits per heavy atom. The van der Waals surface area contributed by atoms with Crippen molar-refractivity contribution >= 4 is 57.6 Å². The molecule has 0 saturated carbocycles. The molecule has 0 fully saturated rings. The van der Waals surface area contributed by atoms with Crippen LogP contribution < -0.4 is 15.4 Å². The summed E-state index contributed by atoms with van der Waals surface area (Å²) in [5.74, 6) is 3.68. The van der Waals surface area contributed by atoms with Gasteiger partial charge < -0.3 is 15.4 Å². The van der Waals surface area contributed by atoms with Gasteiger partial charge in [-0.3, -0.25) is 4.68 Å². The SMILES string of the molecule is CCNC(=NCc1ccnn1C)NCCSCCOc1cccc(Br)c1.I. The highest BCUT2D eigenvalue weighted by Gasteiger charge is 2.00. The van der Waals surface area contributed by atoms with E-state index in [9.17, 15) is 0 Å². The number of aryl methyl sites for hydroxylation is 1. The standard InChI is InChI=1S/C18H26BrN5OS.HI/c1-3-20-18(22-14-16-7-8-23-24(16)2)21-9-11-26-12-10-25-17-6-4-5-15(19)13-17;/h4-8,13H,3,9-12,14H2,1-2H3,(H2,20,21,22);1H. The maximum atomic E-state index is 5.73. The molecule has 0 spiro atoms. The van der Waals surface area contributed by atoms with Crippen molar-refractivity contribution in [3.8, 4) is 5.75 Å². The third-order valence-corrected chi connectivity index (χ3v) is 4.94. The third kappa shape index (κ3) is 9.70. The van der Waals surface area contributed by atoms with E-state index in [4.69, 9.17) is 4.74 Å². The van der Waals surface area contributed by atoms with Crippen LogP contribution in [0, 0.1) is 0 Å². The van der Waals surface area contributed by atoms with Crippen LogP contribution in [0.15, 0.2) is 46.0 Å². The van der Waals surface area contributed by atoms with Gasteiger partial charge in [0.25, 0.3) is 0 Å². The number of ether oxygens (including phenoxy) is 1. The number of hydrogen-bond acceptors (Lipinski definition) is 4. The van der Waals surface area contributed by atoms with E-state index >= 15 is 0 Å². The Kier molecular flexibility index (Phi) is 12.6. The van der Waals surface area contributed by atoms with Gasteiger partial charge in [-0.15, -0.1) is 24.0 Å². The molecule has 0 unspecified atom stereocenters. The van der Waals surface area contributed by atoms with Gasteiger partial charge in [0.1, 0.15) is 5.75 Å². The lowest BCUT2D eigenvalue weighted by Crippen LogP contribution is -2.38. The minimum absolute atomic E-state index is 0. The zero-order valence-electron chi connectivity index (χ0n) is 15.7. The summed E-state index contributed by atoms with van der Waals surface area (Å²) in [6, 6.07) is 9.90. The number of rotatable bonds is 10. The zero-order valence-corrected chi connectivity index (χ0v) is 20.4. The molecule has 0 bridgehead atoms. The quantitative estimate of drug-likeness (QED) is 0.198. The molecule has 2 aromatic rings. The lowest BCUT2D eigenvalue weighted by molar-refractivity contribution is 0.344. The fraction of sp³-hybridized carbons (Fsp3) is 0.444. The summed E-state index contributed by atoms with van der Waals surface area (Å²) in [6.07, 6.45) is 1.79. The maximum absolute atomic E-state index is 5.73. The van der Waals surface area contributed by atoms with Crippen LogP contribution in [0.25, 0.3) is 0 Å².